The molecule has 4 rings (SSSR count). The number of imidazole rings is 1. The van der Waals surface area contributed by atoms with Crippen molar-refractivity contribution in [2.45, 2.75) is 10.6 Å². The molecule has 8 nitrogen and oxygen atoms in total. The van der Waals surface area contributed by atoms with Crippen molar-refractivity contribution < 1.29 is 9.72 Å². The monoisotopic (exact) mass is 447 g/mol. The standard InChI is InChI=1S/C23H21N5O3S/c29-23(25-13-12-24-18-6-8-20(9-7-18)28(30)31)17-4-10-21(11-5-17)32-16-19-15-27-14-2-1-3-22(27)26-19/h1-11,14-15,24H,12-13,16H2,(H,25,29). The highest BCUT2D eigenvalue weighted by Crippen LogP contribution is 2.23. The minimum Gasteiger partial charge on any atom is -0.383 e. The van der Waals surface area contributed by atoms with Crippen LogP contribution in [0.15, 0.2) is 84.0 Å². The van der Waals surface area contributed by atoms with Gasteiger partial charge in [-0.15, -0.1) is 11.8 Å². The van der Waals surface area contributed by atoms with Crippen LogP contribution in [0.3, 0.4) is 0 Å². The van der Waals surface area contributed by atoms with E-state index in [0.29, 0.717) is 18.7 Å². The topological polar surface area (TPSA) is 102 Å². The summed E-state index contributed by atoms with van der Waals surface area (Å²) in [6.45, 7) is 0.941. The Hall–Kier alpha value is -3.85. The van der Waals surface area contributed by atoms with Crippen molar-refractivity contribution in [1.82, 2.24) is 14.7 Å². The van der Waals surface area contributed by atoms with Gasteiger partial charge in [-0.2, -0.15) is 0 Å². The number of hydrogen-bond donors (Lipinski definition) is 2. The molecule has 32 heavy (non-hydrogen) atoms. The Morgan fingerprint density at radius 3 is 2.53 bits per heavy atom. The smallest absolute Gasteiger partial charge is 0.269 e. The Morgan fingerprint density at radius 2 is 1.81 bits per heavy atom. The number of nitrogens with zero attached hydrogens (tertiary/aromatic N) is 3. The van der Waals surface area contributed by atoms with Gasteiger partial charge in [0, 0.05) is 59.5 Å². The first-order valence-corrected chi connectivity index (χ1v) is 11.0. The molecule has 2 aromatic carbocycles. The summed E-state index contributed by atoms with van der Waals surface area (Å²) in [4.78, 5) is 28.2. The van der Waals surface area contributed by atoms with E-state index in [4.69, 9.17) is 0 Å². The lowest BCUT2D eigenvalue weighted by atomic mass is 10.2. The third kappa shape index (κ3) is 5.44. The van der Waals surface area contributed by atoms with Crippen LogP contribution in [0.2, 0.25) is 0 Å². The third-order valence-corrected chi connectivity index (χ3v) is 5.78. The first-order chi connectivity index (χ1) is 15.6. The molecule has 0 aliphatic heterocycles. The molecule has 0 aliphatic carbocycles. The van der Waals surface area contributed by atoms with Crippen LogP contribution in [0.1, 0.15) is 16.1 Å². The summed E-state index contributed by atoms with van der Waals surface area (Å²) in [7, 11) is 0. The molecular weight excluding hydrogens is 426 g/mol. The predicted molar refractivity (Wildman–Crippen MR) is 125 cm³/mol. The van der Waals surface area contributed by atoms with Gasteiger partial charge in [-0.3, -0.25) is 14.9 Å². The number of anilines is 1. The number of pyridine rings is 1. The molecule has 0 spiro atoms. The van der Waals surface area contributed by atoms with Crippen LogP contribution < -0.4 is 10.6 Å². The number of nitro benzene ring substituents is 1. The van der Waals surface area contributed by atoms with Crippen molar-refractivity contribution in [3.63, 3.8) is 0 Å². The zero-order valence-corrected chi connectivity index (χ0v) is 17.9. The maximum absolute atomic E-state index is 12.3. The molecule has 0 saturated carbocycles. The first kappa shape index (κ1) is 21.4. The Morgan fingerprint density at radius 1 is 1.03 bits per heavy atom. The largest absolute Gasteiger partial charge is 0.383 e. The molecule has 0 saturated heterocycles. The maximum Gasteiger partial charge on any atom is 0.269 e. The maximum atomic E-state index is 12.3. The van der Waals surface area contributed by atoms with Crippen molar-refractivity contribution in [3.05, 3.63) is 100 Å². The molecule has 0 atom stereocenters. The van der Waals surface area contributed by atoms with Crippen LogP contribution in [0, 0.1) is 10.1 Å². The van der Waals surface area contributed by atoms with Gasteiger partial charge in [0.1, 0.15) is 5.65 Å². The van der Waals surface area contributed by atoms with E-state index in [1.807, 2.05) is 59.3 Å². The summed E-state index contributed by atoms with van der Waals surface area (Å²) in [6.07, 6.45) is 4.00. The van der Waals surface area contributed by atoms with Crippen molar-refractivity contribution in [3.8, 4) is 0 Å². The highest BCUT2D eigenvalue weighted by atomic mass is 32.2. The lowest BCUT2D eigenvalue weighted by Crippen LogP contribution is -2.28. The van der Waals surface area contributed by atoms with Crippen LogP contribution in [-0.4, -0.2) is 33.3 Å². The highest BCUT2D eigenvalue weighted by molar-refractivity contribution is 7.98. The fraction of sp³-hybridized carbons (Fsp3) is 0.130. The van der Waals surface area contributed by atoms with Crippen molar-refractivity contribution in [1.29, 1.82) is 0 Å². The molecule has 0 unspecified atom stereocenters. The highest BCUT2D eigenvalue weighted by Gasteiger charge is 2.07. The van der Waals surface area contributed by atoms with E-state index in [2.05, 4.69) is 15.6 Å². The summed E-state index contributed by atoms with van der Waals surface area (Å²) in [5.74, 6) is 0.606. The Labute approximate surface area is 188 Å². The van der Waals surface area contributed by atoms with E-state index in [1.165, 1.54) is 12.1 Å². The third-order valence-electron chi connectivity index (χ3n) is 4.73. The Balaban J connectivity index is 1.21. The second-order valence-corrected chi connectivity index (χ2v) is 8.05. The molecule has 0 bridgehead atoms. The number of thioether (sulfide) groups is 1. The molecule has 2 N–H and O–H groups in total. The second kappa shape index (κ2) is 9.97. The zero-order valence-electron chi connectivity index (χ0n) is 17.1. The van der Waals surface area contributed by atoms with E-state index in [0.717, 1.165) is 27.7 Å². The minimum absolute atomic E-state index is 0.0452. The van der Waals surface area contributed by atoms with E-state index in [1.54, 1.807) is 23.9 Å². The van der Waals surface area contributed by atoms with Gasteiger partial charge in [0.25, 0.3) is 11.6 Å². The van der Waals surface area contributed by atoms with Gasteiger partial charge in [0.15, 0.2) is 0 Å². The molecule has 0 radical (unpaired) electrons. The van der Waals surface area contributed by atoms with Crippen molar-refractivity contribution in [2.75, 3.05) is 18.4 Å². The summed E-state index contributed by atoms with van der Waals surface area (Å²) >= 11 is 1.67. The number of fused-ring (bicyclic) bond motifs is 1. The first-order valence-electron chi connectivity index (χ1n) is 10.0. The molecule has 0 fully saturated rings. The van der Waals surface area contributed by atoms with Crippen LogP contribution in [0.5, 0.6) is 0 Å². The molecule has 2 heterocycles. The van der Waals surface area contributed by atoms with Crippen molar-refractivity contribution in [2.24, 2.45) is 0 Å². The number of nitrogens with one attached hydrogen (secondary N) is 2. The number of benzene rings is 2. The number of nitro groups is 1. The van der Waals surface area contributed by atoms with Crippen LogP contribution in [0.4, 0.5) is 11.4 Å². The summed E-state index contributed by atoms with van der Waals surface area (Å²) < 4.78 is 2.00. The lowest BCUT2D eigenvalue weighted by molar-refractivity contribution is -0.384. The lowest BCUT2D eigenvalue weighted by Gasteiger charge is -2.08. The zero-order chi connectivity index (χ0) is 22.3. The molecule has 4 aromatic rings. The van der Waals surface area contributed by atoms with Crippen LogP contribution >= 0.6 is 11.8 Å². The van der Waals surface area contributed by atoms with Gasteiger partial charge in [-0.25, -0.2) is 4.98 Å². The fourth-order valence-electron chi connectivity index (χ4n) is 3.10. The average molecular weight is 448 g/mol. The van der Waals surface area contributed by atoms with Crippen LogP contribution in [-0.2, 0) is 5.75 Å². The number of rotatable bonds is 9. The molecule has 2 aromatic heterocycles. The molecule has 9 heteroatoms. The SMILES string of the molecule is O=C(NCCNc1ccc([N+](=O)[O-])cc1)c1ccc(SCc2cn3ccccc3n2)cc1. The average Bonchev–Trinajstić information content (AvgIpc) is 3.24. The quantitative estimate of drug-likeness (QED) is 0.171. The summed E-state index contributed by atoms with van der Waals surface area (Å²) in [6, 6.07) is 19.6. The summed E-state index contributed by atoms with van der Waals surface area (Å²) in [5, 5.41) is 16.7. The van der Waals surface area contributed by atoms with Gasteiger partial charge >= 0.3 is 0 Å². The number of aromatic nitrogens is 2. The number of hydrogen-bond acceptors (Lipinski definition) is 6. The van der Waals surface area contributed by atoms with Crippen molar-refractivity contribution >= 4 is 34.7 Å². The van der Waals surface area contributed by atoms with E-state index in [-0.39, 0.29) is 11.6 Å². The number of carbonyl (C=O) groups is 1. The molecule has 1 amide bonds. The van der Waals surface area contributed by atoms with Gasteiger partial charge in [0.2, 0.25) is 0 Å². The minimum atomic E-state index is -0.437. The van der Waals surface area contributed by atoms with Gasteiger partial charge < -0.3 is 15.0 Å². The second-order valence-electron chi connectivity index (χ2n) is 7.00. The predicted octanol–water partition coefficient (Wildman–Crippen LogP) is 4.38. The number of carbonyl (C=O) groups excluding carboxylic acids is 1. The van der Waals surface area contributed by atoms with E-state index < -0.39 is 4.92 Å². The molecule has 0 aliphatic rings. The number of non-ortho nitro benzene ring substituents is 1. The van der Waals surface area contributed by atoms with Gasteiger partial charge in [0.05, 0.1) is 10.6 Å². The van der Waals surface area contributed by atoms with Crippen LogP contribution in [0.25, 0.3) is 5.65 Å². The summed E-state index contributed by atoms with van der Waals surface area (Å²) in [5.41, 5.74) is 3.33. The molecule has 162 valence electrons. The van der Waals surface area contributed by atoms with Gasteiger partial charge in [-0.1, -0.05) is 6.07 Å². The van der Waals surface area contributed by atoms with E-state index >= 15 is 0 Å². The van der Waals surface area contributed by atoms with E-state index in [9.17, 15) is 14.9 Å². The van der Waals surface area contributed by atoms with Gasteiger partial charge in [-0.05, 0) is 48.5 Å². The molecular formula is C23H21N5O3S. The Kier molecular flexibility index (Phi) is 6.66. The normalized spacial score (nSPS) is 10.8. The fourth-order valence-corrected chi connectivity index (χ4v) is 3.88. The number of amides is 1. The Bertz CT molecular complexity index is 1190.